The van der Waals surface area contributed by atoms with Crippen LogP contribution in [0, 0.1) is 0 Å². The molecule has 0 aromatic heterocycles. The van der Waals surface area contributed by atoms with Crippen LogP contribution in [0.15, 0.2) is 48.6 Å². The number of unbranched alkanes of at least 4 members (excludes halogenated alkanes) is 6. The van der Waals surface area contributed by atoms with Crippen LogP contribution in [-0.4, -0.2) is 11.1 Å². The van der Waals surface area contributed by atoms with E-state index in [-0.39, 0.29) is 0 Å². The van der Waals surface area contributed by atoms with Gasteiger partial charge in [0.05, 0.1) is 0 Å². The topological polar surface area (TPSA) is 37.3 Å². The lowest BCUT2D eigenvalue weighted by atomic mass is 10.1. The highest BCUT2D eigenvalue weighted by molar-refractivity contribution is 5.80. The molecular weight excluding hydrogens is 236 g/mol. The largest absolute Gasteiger partial charge is 0.478 e. The van der Waals surface area contributed by atoms with E-state index in [0.717, 1.165) is 12.5 Å². The molecule has 0 radical (unpaired) electrons. The number of carboxylic acid groups (broad SMARTS) is 1. The molecule has 2 heteroatoms. The first-order valence-electron chi connectivity index (χ1n) is 7.17. The molecule has 0 spiro atoms. The summed E-state index contributed by atoms with van der Waals surface area (Å²) in [4.78, 5) is 10.2. The second-order valence-corrected chi connectivity index (χ2v) is 4.45. The van der Waals surface area contributed by atoms with Crippen LogP contribution in [0.4, 0.5) is 0 Å². The summed E-state index contributed by atoms with van der Waals surface area (Å²) in [5.74, 6) is -0.924. The zero-order chi connectivity index (χ0) is 14.2. The molecule has 0 aliphatic heterocycles. The van der Waals surface area contributed by atoms with Crippen LogP contribution >= 0.6 is 0 Å². The van der Waals surface area contributed by atoms with E-state index in [0.29, 0.717) is 0 Å². The van der Waals surface area contributed by atoms with Gasteiger partial charge in [0.1, 0.15) is 0 Å². The molecule has 0 fully saturated rings. The Balaban J connectivity index is 3.44. The first-order chi connectivity index (χ1) is 9.27. The summed E-state index contributed by atoms with van der Waals surface area (Å²) < 4.78 is 0. The second kappa shape index (κ2) is 14.5. The average Bonchev–Trinajstić information content (AvgIpc) is 2.39. The highest BCUT2D eigenvalue weighted by Gasteiger charge is 1.87. The maximum atomic E-state index is 10.2. The fraction of sp³-hybridized carbons (Fsp3) is 0.471. The Morgan fingerprint density at radius 1 is 0.842 bits per heavy atom. The van der Waals surface area contributed by atoms with E-state index in [1.54, 1.807) is 6.08 Å². The van der Waals surface area contributed by atoms with Crippen LogP contribution in [0.2, 0.25) is 0 Å². The minimum Gasteiger partial charge on any atom is -0.478 e. The highest BCUT2D eigenvalue weighted by Crippen LogP contribution is 2.07. The number of carbonyl (C=O) groups is 1. The van der Waals surface area contributed by atoms with Crippen molar-refractivity contribution < 1.29 is 9.90 Å². The zero-order valence-electron chi connectivity index (χ0n) is 11.9. The Morgan fingerprint density at radius 2 is 1.42 bits per heavy atom. The molecule has 0 rings (SSSR count). The SMILES string of the molecule is CCCCCCCCC=CC=CC=CC=CC(=O)O. The molecule has 0 aromatic rings. The van der Waals surface area contributed by atoms with Crippen molar-refractivity contribution in [3.8, 4) is 0 Å². The smallest absolute Gasteiger partial charge is 0.328 e. The fourth-order valence-electron chi connectivity index (χ4n) is 1.61. The molecule has 0 saturated heterocycles. The standard InChI is InChI=1S/C17H26O2/c1-2-3-4-5-6-7-8-9-10-11-12-13-14-15-16-17(18)19/h9-16H,2-8H2,1H3,(H,18,19). The van der Waals surface area contributed by atoms with Crippen molar-refractivity contribution in [1.82, 2.24) is 0 Å². The van der Waals surface area contributed by atoms with E-state index < -0.39 is 5.97 Å². The van der Waals surface area contributed by atoms with Crippen LogP contribution < -0.4 is 0 Å². The maximum absolute atomic E-state index is 10.2. The van der Waals surface area contributed by atoms with Crippen molar-refractivity contribution in [2.75, 3.05) is 0 Å². The van der Waals surface area contributed by atoms with Crippen molar-refractivity contribution in [1.29, 1.82) is 0 Å². The van der Waals surface area contributed by atoms with Gasteiger partial charge < -0.3 is 5.11 Å². The van der Waals surface area contributed by atoms with Gasteiger partial charge in [0.25, 0.3) is 0 Å². The summed E-state index contributed by atoms with van der Waals surface area (Å²) in [6.45, 7) is 2.24. The third kappa shape index (κ3) is 16.4. The Bertz CT molecular complexity index is 322. The van der Waals surface area contributed by atoms with Gasteiger partial charge in [-0.15, -0.1) is 0 Å². The van der Waals surface area contributed by atoms with Crippen molar-refractivity contribution >= 4 is 5.97 Å². The van der Waals surface area contributed by atoms with Gasteiger partial charge in [0.2, 0.25) is 0 Å². The minimum atomic E-state index is -0.924. The van der Waals surface area contributed by atoms with Gasteiger partial charge in [0, 0.05) is 6.08 Å². The van der Waals surface area contributed by atoms with Crippen LogP contribution in [-0.2, 0) is 4.79 Å². The molecule has 0 heterocycles. The monoisotopic (exact) mass is 262 g/mol. The van der Waals surface area contributed by atoms with Crippen LogP contribution in [0.5, 0.6) is 0 Å². The predicted molar refractivity (Wildman–Crippen MR) is 82.2 cm³/mol. The maximum Gasteiger partial charge on any atom is 0.328 e. The lowest BCUT2D eigenvalue weighted by molar-refractivity contribution is -0.131. The summed E-state index contributed by atoms with van der Waals surface area (Å²) >= 11 is 0. The number of hydrogen-bond acceptors (Lipinski definition) is 1. The van der Waals surface area contributed by atoms with Crippen molar-refractivity contribution in [3.05, 3.63) is 48.6 Å². The van der Waals surface area contributed by atoms with E-state index >= 15 is 0 Å². The molecule has 106 valence electrons. The van der Waals surface area contributed by atoms with Gasteiger partial charge in [-0.1, -0.05) is 81.6 Å². The lowest BCUT2D eigenvalue weighted by Gasteiger charge is -1.97. The van der Waals surface area contributed by atoms with Gasteiger partial charge in [-0.3, -0.25) is 0 Å². The predicted octanol–water partition coefficient (Wildman–Crippen LogP) is 5.05. The van der Waals surface area contributed by atoms with Gasteiger partial charge >= 0.3 is 5.97 Å². The number of rotatable bonds is 11. The van der Waals surface area contributed by atoms with Gasteiger partial charge in [-0.2, -0.15) is 0 Å². The van der Waals surface area contributed by atoms with Gasteiger partial charge in [0.15, 0.2) is 0 Å². The molecule has 0 bridgehead atoms. The van der Waals surface area contributed by atoms with E-state index in [1.165, 1.54) is 44.6 Å². The molecule has 0 aliphatic carbocycles. The molecular formula is C17H26O2. The molecule has 0 saturated carbocycles. The Kier molecular flexibility index (Phi) is 13.3. The van der Waals surface area contributed by atoms with Crippen LogP contribution in [0.25, 0.3) is 0 Å². The second-order valence-electron chi connectivity index (χ2n) is 4.45. The van der Waals surface area contributed by atoms with Crippen molar-refractivity contribution in [2.45, 2.75) is 51.9 Å². The third-order valence-corrected chi connectivity index (χ3v) is 2.65. The normalized spacial score (nSPS) is 12.5. The number of carboxylic acids is 1. The first-order valence-corrected chi connectivity index (χ1v) is 7.17. The third-order valence-electron chi connectivity index (χ3n) is 2.65. The number of allylic oxidation sites excluding steroid dienone is 7. The summed E-state index contributed by atoms with van der Waals surface area (Å²) in [5.41, 5.74) is 0. The summed E-state index contributed by atoms with van der Waals surface area (Å²) in [6, 6.07) is 0. The molecule has 0 unspecified atom stereocenters. The van der Waals surface area contributed by atoms with Crippen molar-refractivity contribution in [2.24, 2.45) is 0 Å². The number of hydrogen-bond donors (Lipinski definition) is 1. The van der Waals surface area contributed by atoms with E-state index in [4.69, 9.17) is 5.11 Å². The molecule has 0 atom stereocenters. The molecule has 0 amide bonds. The minimum absolute atomic E-state index is 0.924. The van der Waals surface area contributed by atoms with Gasteiger partial charge in [-0.05, 0) is 12.8 Å². The quantitative estimate of drug-likeness (QED) is 0.321. The first kappa shape index (κ1) is 17.4. The summed E-state index contributed by atoms with van der Waals surface area (Å²) in [5, 5.41) is 8.35. The lowest BCUT2D eigenvalue weighted by Crippen LogP contribution is -1.84. The number of aliphatic carboxylic acids is 1. The molecule has 0 aromatic carbocycles. The van der Waals surface area contributed by atoms with E-state index in [1.807, 2.05) is 24.3 Å². The van der Waals surface area contributed by atoms with Crippen LogP contribution in [0.1, 0.15) is 51.9 Å². The molecule has 0 aliphatic rings. The summed E-state index contributed by atoms with van der Waals surface area (Å²) in [7, 11) is 0. The average molecular weight is 262 g/mol. The van der Waals surface area contributed by atoms with Crippen LogP contribution in [0.3, 0.4) is 0 Å². The van der Waals surface area contributed by atoms with Crippen molar-refractivity contribution in [3.63, 3.8) is 0 Å². The van der Waals surface area contributed by atoms with Gasteiger partial charge in [-0.25, -0.2) is 4.79 Å². The van der Waals surface area contributed by atoms with E-state index in [2.05, 4.69) is 13.0 Å². The molecule has 1 N–H and O–H groups in total. The zero-order valence-corrected chi connectivity index (χ0v) is 11.9. The molecule has 2 nitrogen and oxygen atoms in total. The summed E-state index contributed by atoms with van der Waals surface area (Å²) in [6.07, 6.45) is 23.3. The fourth-order valence-corrected chi connectivity index (χ4v) is 1.61. The van der Waals surface area contributed by atoms with E-state index in [9.17, 15) is 4.79 Å². The highest BCUT2D eigenvalue weighted by atomic mass is 16.4. The Hall–Kier alpha value is -1.57. The Labute approximate surface area is 117 Å². The Morgan fingerprint density at radius 3 is 2.11 bits per heavy atom. The molecule has 19 heavy (non-hydrogen) atoms.